The minimum Gasteiger partial charge on any atom is -0.494 e. The van der Waals surface area contributed by atoms with Gasteiger partial charge in [0.15, 0.2) is 5.11 Å². The molecular formula is C29H28N4O4S. The number of aromatic nitrogens is 1. The molecule has 194 valence electrons. The van der Waals surface area contributed by atoms with Crippen LogP contribution >= 0.6 is 12.2 Å². The van der Waals surface area contributed by atoms with Crippen LogP contribution in [-0.2, 0) is 29.1 Å². The molecule has 5 rings (SSSR count). The summed E-state index contributed by atoms with van der Waals surface area (Å²) in [6.45, 7) is 5.02. The molecule has 0 radical (unpaired) electrons. The van der Waals surface area contributed by atoms with Crippen LogP contribution in [0.15, 0.2) is 77.2 Å². The van der Waals surface area contributed by atoms with Crippen LogP contribution in [0.5, 0.6) is 5.75 Å². The van der Waals surface area contributed by atoms with Gasteiger partial charge >= 0.3 is 0 Å². The van der Waals surface area contributed by atoms with Crippen LogP contribution in [0.2, 0.25) is 0 Å². The van der Waals surface area contributed by atoms with Gasteiger partial charge < -0.3 is 24.4 Å². The molecule has 0 atom stereocenters. The molecule has 38 heavy (non-hydrogen) atoms. The maximum atomic E-state index is 13.4. The Morgan fingerprint density at radius 1 is 1.13 bits per heavy atom. The largest absolute Gasteiger partial charge is 0.494 e. The molecule has 1 aliphatic rings. The summed E-state index contributed by atoms with van der Waals surface area (Å²) in [6, 6.07) is 16.9. The standard InChI is InChI=1S/C29H28N4O4S/c1-3-19-7-5-9-24-20(17-32(27(19)24)18-26(34)30-16-23-8-6-14-37-23)15-25-28(35)33(29(38)31-25)21-10-12-22(13-11-21)36-4-2/h5-15,17H,3-4,16,18H2,1-2H3,(H,30,34)(H,31,38)/b25-15-. The SMILES string of the molecule is CCOc1ccc(N2C(=O)/C(=C/c3cn(CC(=O)NCc4ccco4)c4c(CC)cccc34)NC2=S)cc1. The number of anilines is 1. The summed E-state index contributed by atoms with van der Waals surface area (Å²) in [5.74, 6) is 1.03. The third-order valence-corrected chi connectivity index (χ3v) is 6.62. The highest BCUT2D eigenvalue weighted by Gasteiger charge is 2.32. The van der Waals surface area contributed by atoms with Crippen LogP contribution in [0, 0.1) is 0 Å². The van der Waals surface area contributed by atoms with E-state index in [4.69, 9.17) is 21.4 Å². The monoisotopic (exact) mass is 528 g/mol. The Labute approximate surface area is 225 Å². The minimum atomic E-state index is -0.247. The fraction of sp³-hybridized carbons (Fsp3) is 0.207. The van der Waals surface area contributed by atoms with Gasteiger partial charge in [0.05, 0.1) is 30.6 Å². The first kappa shape index (κ1) is 25.3. The van der Waals surface area contributed by atoms with E-state index in [0.717, 1.165) is 34.2 Å². The minimum absolute atomic E-state index is 0.134. The quantitative estimate of drug-likeness (QED) is 0.240. The molecule has 2 aromatic carbocycles. The average molecular weight is 529 g/mol. The summed E-state index contributed by atoms with van der Waals surface area (Å²) >= 11 is 5.49. The third kappa shape index (κ3) is 5.05. The van der Waals surface area contributed by atoms with Crippen molar-refractivity contribution in [1.29, 1.82) is 0 Å². The second kappa shape index (κ2) is 10.9. The summed E-state index contributed by atoms with van der Waals surface area (Å²) in [7, 11) is 0. The van der Waals surface area contributed by atoms with Gasteiger partial charge in [-0.05, 0) is 73.6 Å². The number of furan rings is 1. The molecule has 2 aromatic heterocycles. The van der Waals surface area contributed by atoms with Crippen molar-refractivity contribution in [3.05, 3.63) is 89.6 Å². The van der Waals surface area contributed by atoms with Crippen molar-refractivity contribution in [3.8, 4) is 5.75 Å². The number of amides is 2. The molecule has 1 aliphatic heterocycles. The number of hydrogen-bond donors (Lipinski definition) is 2. The van der Waals surface area contributed by atoms with E-state index < -0.39 is 0 Å². The maximum Gasteiger partial charge on any atom is 0.281 e. The zero-order chi connectivity index (χ0) is 26.6. The molecule has 4 aromatic rings. The van der Waals surface area contributed by atoms with Crippen molar-refractivity contribution in [2.45, 2.75) is 33.4 Å². The molecule has 3 heterocycles. The molecule has 1 fully saturated rings. The summed E-state index contributed by atoms with van der Waals surface area (Å²) in [4.78, 5) is 27.6. The van der Waals surface area contributed by atoms with Gasteiger partial charge in [0, 0.05) is 17.1 Å². The third-order valence-electron chi connectivity index (χ3n) is 6.33. The fourth-order valence-corrected chi connectivity index (χ4v) is 4.88. The number of thiocarbonyl (C=S) groups is 1. The average Bonchev–Trinajstić information content (AvgIpc) is 3.63. The molecule has 0 bridgehead atoms. The van der Waals surface area contributed by atoms with Gasteiger partial charge in [0.2, 0.25) is 5.91 Å². The molecule has 2 amide bonds. The summed E-state index contributed by atoms with van der Waals surface area (Å²) in [5.41, 5.74) is 3.92. The molecular weight excluding hydrogens is 500 g/mol. The number of nitrogens with one attached hydrogen (secondary N) is 2. The van der Waals surface area contributed by atoms with Gasteiger partial charge in [0.25, 0.3) is 5.91 Å². The number of para-hydroxylation sites is 1. The van der Waals surface area contributed by atoms with Crippen molar-refractivity contribution in [1.82, 2.24) is 15.2 Å². The molecule has 0 spiro atoms. The van der Waals surface area contributed by atoms with Gasteiger partial charge in [-0.3, -0.25) is 14.5 Å². The van der Waals surface area contributed by atoms with Crippen molar-refractivity contribution in [2.75, 3.05) is 11.5 Å². The number of benzene rings is 2. The van der Waals surface area contributed by atoms with Crippen molar-refractivity contribution in [3.63, 3.8) is 0 Å². The number of carbonyl (C=O) groups is 2. The fourth-order valence-electron chi connectivity index (χ4n) is 4.58. The smallest absolute Gasteiger partial charge is 0.281 e. The van der Waals surface area contributed by atoms with E-state index in [0.29, 0.717) is 35.4 Å². The summed E-state index contributed by atoms with van der Waals surface area (Å²) < 4.78 is 12.7. The molecule has 0 saturated carbocycles. The van der Waals surface area contributed by atoms with Crippen LogP contribution < -0.4 is 20.3 Å². The van der Waals surface area contributed by atoms with Gasteiger partial charge in [-0.1, -0.05) is 25.1 Å². The van der Waals surface area contributed by atoms with Gasteiger partial charge in [-0.15, -0.1) is 0 Å². The molecule has 8 nitrogen and oxygen atoms in total. The van der Waals surface area contributed by atoms with Crippen molar-refractivity contribution < 1.29 is 18.7 Å². The highest BCUT2D eigenvalue weighted by molar-refractivity contribution is 7.80. The molecule has 0 aliphatic carbocycles. The number of fused-ring (bicyclic) bond motifs is 1. The van der Waals surface area contributed by atoms with E-state index in [2.05, 4.69) is 23.6 Å². The van der Waals surface area contributed by atoms with Crippen LogP contribution in [0.1, 0.15) is 30.7 Å². The Morgan fingerprint density at radius 3 is 2.66 bits per heavy atom. The summed E-state index contributed by atoms with van der Waals surface area (Å²) in [6.07, 6.45) is 6.08. The zero-order valence-electron chi connectivity index (χ0n) is 21.2. The second-order valence-corrected chi connectivity index (χ2v) is 9.18. The maximum absolute atomic E-state index is 13.4. The molecule has 2 N–H and O–H groups in total. The lowest BCUT2D eigenvalue weighted by molar-refractivity contribution is -0.121. The van der Waals surface area contributed by atoms with E-state index in [1.54, 1.807) is 30.5 Å². The zero-order valence-corrected chi connectivity index (χ0v) is 22.0. The Kier molecular flexibility index (Phi) is 7.28. The number of aryl methyl sites for hydroxylation is 1. The topological polar surface area (TPSA) is 88.7 Å². The Hall–Kier alpha value is -4.37. The highest BCUT2D eigenvalue weighted by atomic mass is 32.1. The lowest BCUT2D eigenvalue weighted by Crippen LogP contribution is -2.30. The Bertz CT molecular complexity index is 1520. The van der Waals surface area contributed by atoms with E-state index >= 15 is 0 Å². The number of ether oxygens (including phenoxy) is 1. The first-order valence-corrected chi connectivity index (χ1v) is 12.9. The first-order chi connectivity index (χ1) is 18.5. The number of carbonyl (C=O) groups excluding carboxylic acids is 2. The predicted octanol–water partition coefficient (Wildman–Crippen LogP) is 4.77. The molecule has 0 unspecified atom stereocenters. The number of nitrogens with zero attached hydrogens (tertiary/aromatic N) is 2. The Balaban J connectivity index is 1.43. The van der Waals surface area contributed by atoms with E-state index in [-0.39, 0.29) is 18.4 Å². The van der Waals surface area contributed by atoms with Crippen LogP contribution in [0.4, 0.5) is 5.69 Å². The van der Waals surface area contributed by atoms with Crippen LogP contribution in [-0.4, -0.2) is 28.1 Å². The van der Waals surface area contributed by atoms with E-state index in [1.165, 1.54) is 4.90 Å². The highest BCUT2D eigenvalue weighted by Crippen LogP contribution is 2.29. The van der Waals surface area contributed by atoms with Gasteiger partial charge in [-0.2, -0.15) is 0 Å². The lowest BCUT2D eigenvalue weighted by Gasteiger charge is -2.14. The Morgan fingerprint density at radius 2 is 1.95 bits per heavy atom. The normalized spacial score (nSPS) is 14.4. The first-order valence-electron chi connectivity index (χ1n) is 12.5. The summed E-state index contributed by atoms with van der Waals surface area (Å²) in [5, 5.41) is 7.22. The predicted molar refractivity (Wildman–Crippen MR) is 151 cm³/mol. The van der Waals surface area contributed by atoms with Crippen LogP contribution in [0.25, 0.3) is 17.0 Å². The molecule has 1 saturated heterocycles. The van der Waals surface area contributed by atoms with E-state index in [9.17, 15) is 9.59 Å². The van der Waals surface area contributed by atoms with Crippen molar-refractivity contribution in [2.24, 2.45) is 0 Å². The van der Waals surface area contributed by atoms with E-state index in [1.807, 2.05) is 48.0 Å². The second-order valence-electron chi connectivity index (χ2n) is 8.79. The van der Waals surface area contributed by atoms with Crippen molar-refractivity contribution >= 4 is 51.8 Å². The van der Waals surface area contributed by atoms with Crippen LogP contribution in [0.3, 0.4) is 0 Å². The van der Waals surface area contributed by atoms with Gasteiger partial charge in [0.1, 0.15) is 23.8 Å². The number of rotatable bonds is 9. The van der Waals surface area contributed by atoms with Gasteiger partial charge in [-0.25, -0.2) is 0 Å². The number of hydrogen-bond acceptors (Lipinski definition) is 5. The molecule has 9 heteroatoms. The lowest BCUT2D eigenvalue weighted by atomic mass is 10.1.